The molecule has 0 saturated carbocycles. The number of carbonyl (C=O) groups is 1. The third-order valence-corrected chi connectivity index (χ3v) is 5.42. The molecule has 1 aliphatic rings. The van der Waals surface area contributed by atoms with Crippen molar-refractivity contribution in [1.29, 1.82) is 0 Å². The summed E-state index contributed by atoms with van der Waals surface area (Å²) in [5, 5.41) is 14.1. The molecule has 0 spiro atoms. The number of nitrogens with one attached hydrogen (secondary N) is 3. The lowest BCUT2D eigenvalue weighted by atomic mass is 10.1. The molecule has 0 unspecified atom stereocenters. The Morgan fingerprint density at radius 2 is 2.09 bits per heavy atom. The van der Waals surface area contributed by atoms with Crippen LogP contribution in [0.5, 0.6) is 0 Å². The van der Waals surface area contributed by atoms with Crippen molar-refractivity contribution in [2.75, 3.05) is 35.7 Å². The Morgan fingerprint density at radius 3 is 2.84 bits per heavy atom. The molecule has 0 aliphatic carbocycles. The Hall–Kier alpha value is -3.24. The summed E-state index contributed by atoms with van der Waals surface area (Å²) >= 11 is 0. The monoisotopic (exact) mass is 438 g/mol. The number of benzene rings is 1. The number of ether oxygens (including phenoxy) is 1. The Kier molecular flexibility index (Phi) is 6.81. The van der Waals surface area contributed by atoms with Gasteiger partial charge in [-0.25, -0.2) is 0 Å². The molecular formula is C22H30N8O2. The Balaban J connectivity index is 1.58. The van der Waals surface area contributed by atoms with Gasteiger partial charge in [0.05, 0.1) is 12.7 Å². The van der Waals surface area contributed by atoms with Crippen molar-refractivity contribution in [3.8, 4) is 0 Å². The lowest BCUT2D eigenvalue weighted by Gasteiger charge is -2.23. The molecule has 32 heavy (non-hydrogen) atoms. The van der Waals surface area contributed by atoms with Gasteiger partial charge < -0.3 is 26.4 Å². The van der Waals surface area contributed by atoms with Crippen LogP contribution in [0.15, 0.2) is 30.5 Å². The molecule has 170 valence electrons. The standard InChI is InChI=1S/C22H30N8O2/c1-14(2)18-13-25-30-20(18)28-21(27-16-6-8-32-9-7-16)29-22(30)24-12-15-4-3-5-17(10-15)26-19(31)11-23/h3-5,10,13-14,16H,6-9,11-12,23H2,1-2H3,(H,26,31)(H2,24,27,28,29). The summed E-state index contributed by atoms with van der Waals surface area (Å²) in [4.78, 5) is 21.0. The fraction of sp³-hybridized carbons (Fsp3) is 0.455. The highest BCUT2D eigenvalue weighted by Gasteiger charge is 2.19. The van der Waals surface area contributed by atoms with E-state index in [-0.39, 0.29) is 24.4 Å². The summed E-state index contributed by atoms with van der Waals surface area (Å²) < 4.78 is 7.20. The number of hydrogen-bond acceptors (Lipinski definition) is 8. The topological polar surface area (TPSA) is 131 Å². The van der Waals surface area contributed by atoms with Crippen molar-refractivity contribution in [2.24, 2.45) is 5.73 Å². The van der Waals surface area contributed by atoms with Crippen LogP contribution in [0.4, 0.5) is 17.6 Å². The van der Waals surface area contributed by atoms with Crippen LogP contribution >= 0.6 is 0 Å². The predicted octanol–water partition coefficient (Wildman–Crippen LogP) is 2.35. The largest absolute Gasteiger partial charge is 0.381 e. The number of rotatable bonds is 8. The molecule has 0 bridgehead atoms. The van der Waals surface area contributed by atoms with E-state index in [2.05, 4.69) is 34.9 Å². The van der Waals surface area contributed by atoms with Crippen molar-refractivity contribution in [3.05, 3.63) is 41.6 Å². The molecule has 3 aromatic rings. The Labute approximate surface area is 187 Å². The molecule has 1 fully saturated rings. The molecule has 1 amide bonds. The van der Waals surface area contributed by atoms with Crippen molar-refractivity contribution >= 4 is 29.1 Å². The van der Waals surface area contributed by atoms with Gasteiger partial charge in [-0.2, -0.15) is 19.6 Å². The summed E-state index contributed by atoms with van der Waals surface area (Å²) in [5.74, 6) is 1.24. The number of nitrogens with zero attached hydrogens (tertiary/aromatic N) is 4. The van der Waals surface area contributed by atoms with Gasteiger partial charge in [0.25, 0.3) is 0 Å². The maximum atomic E-state index is 11.6. The molecule has 1 aliphatic heterocycles. The average Bonchev–Trinajstić information content (AvgIpc) is 3.23. The van der Waals surface area contributed by atoms with Gasteiger partial charge in [0, 0.05) is 37.1 Å². The van der Waals surface area contributed by atoms with E-state index in [4.69, 9.17) is 20.4 Å². The first-order chi connectivity index (χ1) is 15.5. The van der Waals surface area contributed by atoms with Crippen LogP contribution in [0, 0.1) is 0 Å². The van der Waals surface area contributed by atoms with E-state index in [9.17, 15) is 4.79 Å². The van der Waals surface area contributed by atoms with Crippen LogP contribution in [0.2, 0.25) is 0 Å². The van der Waals surface area contributed by atoms with E-state index in [0.29, 0.717) is 24.1 Å². The minimum Gasteiger partial charge on any atom is -0.381 e. The van der Waals surface area contributed by atoms with Crippen LogP contribution in [0.3, 0.4) is 0 Å². The summed E-state index contributed by atoms with van der Waals surface area (Å²) in [6.07, 6.45) is 3.70. The number of aromatic nitrogens is 4. The smallest absolute Gasteiger partial charge is 0.238 e. The highest BCUT2D eigenvalue weighted by atomic mass is 16.5. The number of hydrogen-bond donors (Lipinski definition) is 4. The second kappa shape index (κ2) is 9.92. The quantitative estimate of drug-likeness (QED) is 0.421. The van der Waals surface area contributed by atoms with Gasteiger partial charge in [0.2, 0.25) is 17.8 Å². The fourth-order valence-electron chi connectivity index (χ4n) is 3.66. The van der Waals surface area contributed by atoms with Gasteiger partial charge in [0.15, 0.2) is 5.65 Å². The zero-order valence-corrected chi connectivity index (χ0v) is 18.5. The Morgan fingerprint density at radius 1 is 1.28 bits per heavy atom. The van der Waals surface area contributed by atoms with Gasteiger partial charge in [0.1, 0.15) is 0 Å². The lowest BCUT2D eigenvalue weighted by Crippen LogP contribution is -2.29. The molecule has 10 heteroatoms. The SMILES string of the molecule is CC(C)c1cnn2c(NCc3cccc(NC(=O)CN)c3)nc(NC3CCOCC3)nc12. The normalized spacial score (nSPS) is 14.6. The Bertz CT molecular complexity index is 1070. The fourth-order valence-corrected chi connectivity index (χ4v) is 3.66. The van der Waals surface area contributed by atoms with Gasteiger partial charge in [-0.3, -0.25) is 4.79 Å². The molecule has 5 N–H and O–H groups in total. The lowest BCUT2D eigenvalue weighted by molar-refractivity contribution is -0.114. The van der Waals surface area contributed by atoms with Gasteiger partial charge >= 0.3 is 0 Å². The first-order valence-electron chi connectivity index (χ1n) is 11.0. The number of fused-ring (bicyclic) bond motifs is 1. The van der Waals surface area contributed by atoms with E-state index in [1.807, 2.05) is 30.5 Å². The summed E-state index contributed by atoms with van der Waals surface area (Å²) in [7, 11) is 0. The molecule has 3 heterocycles. The molecule has 0 atom stereocenters. The molecule has 1 saturated heterocycles. The van der Waals surface area contributed by atoms with E-state index in [1.54, 1.807) is 4.52 Å². The van der Waals surface area contributed by atoms with Crippen LogP contribution < -0.4 is 21.7 Å². The van der Waals surface area contributed by atoms with Gasteiger partial charge in [-0.1, -0.05) is 26.0 Å². The third-order valence-electron chi connectivity index (χ3n) is 5.42. The first kappa shape index (κ1) is 22.0. The average molecular weight is 439 g/mol. The maximum Gasteiger partial charge on any atom is 0.238 e. The highest BCUT2D eigenvalue weighted by molar-refractivity contribution is 5.92. The minimum atomic E-state index is -0.228. The van der Waals surface area contributed by atoms with Crippen molar-refractivity contribution in [2.45, 2.75) is 45.2 Å². The number of nitrogens with two attached hydrogens (primary N) is 1. The summed E-state index contributed by atoms with van der Waals surface area (Å²) in [6.45, 7) is 6.18. The number of carbonyl (C=O) groups excluding carboxylic acids is 1. The minimum absolute atomic E-state index is 0.0538. The highest BCUT2D eigenvalue weighted by Crippen LogP contribution is 2.23. The van der Waals surface area contributed by atoms with Crippen molar-refractivity contribution in [1.82, 2.24) is 19.6 Å². The van der Waals surface area contributed by atoms with Crippen molar-refractivity contribution in [3.63, 3.8) is 0 Å². The van der Waals surface area contributed by atoms with Crippen LogP contribution in [0.1, 0.15) is 43.7 Å². The predicted molar refractivity (Wildman–Crippen MR) is 124 cm³/mol. The summed E-state index contributed by atoms with van der Waals surface area (Å²) in [6, 6.07) is 7.89. The zero-order valence-electron chi connectivity index (χ0n) is 18.5. The number of amides is 1. The third kappa shape index (κ3) is 5.14. The van der Waals surface area contributed by atoms with Gasteiger partial charge in [-0.15, -0.1) is 0 Å². The van der Waals surface area contributed by atoms with Crippen molar-refractivity contribution < 1.29 is 9.53 Å². The molecule has 2 aromatic heterocycles. The van der Waals surface area contributed by atoms with Crippen LogP contribution in [-0.2, 0) is 16.1 Å². The van der Waals surface area contributed by atoms with Crippen LogP contribution in [-0.4, -0.2) is 51.3 Å². The molecular weight excluding hydrogens is 408 g/mol. The molecule has 10 nitrogen and oxygen atoms in total. The summed E-state index contributed by atoms with van der Waals surface area (Å²) in [5.41, 5.74) is 8.94. The van der Waals surface area contributed by atoms with Gasteiger partial charge in [-0.05, 0) is 36.5 Å². The number of anilines is 3. The molecule has 4 rings (SSSR count). The zero-order chi connectivity index (χ0) is 22.5. The molecule has 0 radical (unpaired) electrons. The second-order valence-corrected chi connectivity index (χ2v) is 8.20. The van der Waals surface area contributed by atoms with E-state index in [1.165, 1.54) is 0 Å². The second-order valence-electron chi connectivity index (χ2n) is 8.20. The van der Waals surface area contributed by atoms with E-state index >= 15 is 0 Å². The van der Waals surface area contributed by atoms with E-state index < -0.39 is 0 Å². The first-order valence-corrected chi connectivity index (χ1v) is 11.0. The maximum absolute atomic E-state index is 11.6. The van der Waals surface area contributed by atoms with E-state index in [0.717, 1.165) is 42.8 Å². The van der Waals surface area contributed by atoms with Crippen LogP contribution in [0.25, 0.3) is 5.65 Å². The molecule has 1 aromatic carbocycles.